The minimum atomic E-state index is 0.190. The second-order valence-electron chi connectivity index (χ2n) is 6.44. The van der Waals surface area contributed by atoms with Crippen LogP contribution in [0, 0.1) is 29.1 Å². The number of carbonyl (C=O) groups excluding carboxylic acids is 1. The molecule has 0 bridgehead atoms. The third-order valence-electron chi connectivity index (χ3n) is 5.26. The summed E-state index contributed by atoms with van der Waals surface area (Å²) in [6.07, 6.45) is 0. The minimum absolute atomic E-state index is 0.190. The molecule has 0 unspecified atom stereocenters. The molecule has 2 rings (SSSR count). The molecule has 0 aromatic rings. The molecule has 1 heterocycles. The largest absolute Gasteiger partial charge is 0.298 e. The first-order chi connectivity index (χ1) is 7.35. The van der Waals surface area contributed by atoms with Crippen molar-refractivity contribution in [2.24, 2.45) is 29.1 Å². The maximum Gasteiger partial charge on any atom is 0.147 e. The fraction of sp³-hybridized carbons (Fsp3) is 0.929. The Hall–Kier alpha value is -0.370. The van der Waals surface area contributed by atoms with Crippen LogP contribution in [0.4, 0.5) is 0 Å². The fourth-order valence-electron chi connectivity index (χ4n) is 4.85. The molecule has 1 aliphatic heterocycles. The van der Waals surface area contributed by atoms with E-state index in [-0.39, 0.29) is 6.04 Å². The van der Waals surface area contributed by atoms with Crippen molar-refractivity contribution in [3.63, 3.8) is 0 Å². The number of rotatable bonds is 3. The smallest absolute Gasteiger partial charge is 0.147 e. The number of carbonyl (C=O) groups is 1. The van der Waals surface area contributed by atoms with Crippen LogP contribution in [0.1, 0.15) is 34.6 Å². The first-order valence-corrected chi connectivity index (χ1v) is 6.55. The Labute approximate surface area is 99.4 Å². The maximum atomic E-state index is 11.8. The van der Waals surface area contributed by atoms with Crippen LogP contribution in [0.15, 0.2) is 0 Å². The van der Waals surface area contributed by atoms with E-state index in [0.29, 0.717) is 29.0 Å². The van der Waals surface area contributed by atoms with Gasteiger partial charge in [-0.2, -0.15) is 0 Å². The molecule has 2 nitrogen and oxygen atoms in total. The van der Waals surface area contributed by atoms with Crippen LogP contribution < -0.4 is 0 Å². The molecule has 1 saturated heterocycles. The Morgan fingerprint density at radius 2 is 1.75 bits per heavy atom. The van der Waals surface area contributed by atoms with Crippen molar-refractivity contribution >= 4 is 5.78 Å². The average molecular weight is 223 g/mol. The van der Waals surface area contributed by atoms with Crippen LogP contribution in [-0.2, 0) is 4.79 Å². The van der Waals surface area contributed by atoms with E-state index in [1.807, 2.05) is 0 Å². The highest BCUT2D eigenvalue weighted by molar-refractivity contribution is 5.83. The summed E-state index contributed by atoms with van der Waals surface area (Å²) in [4.78, 5) is 14.0. The van der Waals surface area contributed by atoms with E-state index in [0.717, 1.165) is 12.5 Å². The Balaban J connectivity index is 2.28. The van der Waals surface area contributed by atoms with Crippen molar-refractivity contribution in [3.05, 3.63) is 0 Å². The van der Waals surface area contributed by atoms with Gasteiger partial charge in [-0.3, -0.25) is 9.69 Å². The van der Waals surface area contributed by atoms with Gasteiger partial charge in [0, 0.05) is 6.54 Å². The molecule has 2 aliphatic rings. The molecule has 2 heteroatoms. The van der Waals surface area contributed by atoms with Crippen molar-refractivity contribution in [2.75, 3.05) is 13.6 Å². The van der Waals surface area contributed by atoms with Crippen LogP contribution in [-0.4, -0.2) is 30.3 Å². The van der Waals surface area contributed by atoms with Crippen LogP contribution in [0.5, 0.6) is 0 Å². The molecule has 3 atom stereocenters. The zero-order chi connectivity index (χ0) is 12.2. The molecule has 0 radical (unpaired) electrons. The Kier molecular flexibility index (Phi) is 2.69. The number of hydrogen-bond donors (Lipinski definition) is 0. The van der Waals surface area contributed by atoms with Crippen molar-refractivity contribution in [1.82, 2.24) is 4.90 Å². The van der Waals surface area contributed by atoms with E-state index >= 15 is 0 Å². The number of fused-ring (bicyclic) bond motifs is 1. The molecule has 2 fully saturated rings. The van der Waals surface area contributed by atoms with Crippen molar-refractivity contribution in [1.29, 1.82) is 0 Å². The third-order valence-corrected chi connectivity index (χ3v) is 5.26. The number of Topliss-reactive ketones (excluding diaryl/α,β-unsaturated/α-hetero) is 1. The highest BCUT2D eigenvalue weighted by Crippen LogP contribution is 2.72. The fourth-order valence-corrected chi connectivity index (χ4v) is 4.85. The van der Waals surface area contributed by atoms with Gasteiger partial charge in [0.25, 0.3) is 0 Å². The van der Waals surface area contributed by atoms with Gasteiger partial charge in [-0.05, 0) is 43.1 Å². The van der Waals surface area contributed by atoms with E-state index in [2.05, 4.69) is 39.6 Å². The number of likely N-dealkylation sites (N-methyl/N-ethyl adjacent to an activating group) is 1. The van der Waals surface area contributed by atoms with Crippen molar-refractivity contribution < 1.29 is 4.79 Å². The van der Waals surface area contributed by atoms with Crippen LogP contribution >= 0.6 is 0 Å². The van der Waals surface area contributed by atoms with Gasteiger partial charge in [-0.15, -0.1) is 0 Å². The Bertz CT molecular complexity index is 300. The lowest BCUT2D eigenvalue weighted by Gasteiger charge is -2.35. The van der Waals surface area contributed by atoms with Crippen LogP contribution in [0.25, 0.3) is 0 Å². The monoisotopic (exact) mass is 223 g/mol. The zero-order valence-corrected chi connectivity index (χ0v) is 11.4. The lowest BCUT2D eigenvalue weighted by molar-refractivity contribution is -0.122. The SMILES string of the molecule is CC(=O)[C@@H]1[C@@H]2[C@H](CN1C)C2(C(C)C)C(C)C. The topological polar surface area (TPSA) is 20.3 Å². The summed E-state index contributed by atoms with van der Waals surface area (Å²) in [5.41, 5.74) is 0.433. The second kappa shape index (κ2) is 3.56. The summed E-state index contributed by atoms with van der Waals surface area (Å²) in [7, 11) is 2.10. The zero-order valence-electron chi connectivity index (χ0n) is 11.4. The van der Waals surface area contributed by atoms with Gasteiger partial charge in [-0.25, -0.2) is 0 Å². The third kappa shape index (κ3) is 1.25. The Morgan fingerprint density at radius 1 is 1.25 bits per heavy atom. The first-order valence-electron chi connectivity index (χ1n) is 6.55. The van der Waals surface area contributed by atoms with Crippen molar-refractivity contribution in [2.45, 2.75) is 40.7 Å². The maximum absolute atomic E-state index is 11.8. The quantitative estimate of drug-likeness (QED) is 0.732. The summed E-state index contributed by atoms with van der Waals surface area (Å²) in [5.74, 6) is 3.12. The van der Waals surface area contributed by atoms with Gasteiger partial charge in [-0.1, -0.05) is 27.7 Å². The molecule has 16 heavy (non-hydrogen) atoms. The van der Waals surface area contributed by atoms with Crippen LogP contribution in [0.2, 0.25) is 0 Å². The average Bonchev–Trinajstić information content (AvgIpc) is 2.62. The molecule has 0 spiro atoms. The normalized spacial score (nSPS) is 36.9. The minimum Gasteiger partial charge on any atom is -0.298 e. The van der Waals surface area contributed by atoms with Crippen molar-refractivity contribution in [3.8, 4) is 0 Å². The predicted octanol–water partition coefficient (Wildman–Crippen LogP) is 2.43. The number of piperidine rings is 1. The Morgan fingerprint density at radius 3 is 2.12 bits per heavy atom. The lowest BCUT2D eigenvalue weighted by atomic mass is 9.76. The van der Waals surface area contributed by atoms with Gasteiger partial charge < -0.3 is 0 Å². The van der Waals surface area contributed by atoms with Gasteiger partial charge in [0.05, 0.1) is 6.04 Å². The summed E-state index contributed by atoms with van der Waals surface area (Å²) in [6, 6.07) is 0.190. The van der Waals surface area contributed by atoms with E-state index in [4.69, 9.17) is 0 Å². The van der Waals surface area contributed by atoms with E-state index in [9.17, 15) is 4.79 Å². The summed E-state index contributed by atoms with van der Waals surface area (Å²) in [5, 5.41) is 0. The number of nitrogens with zero attached hydrogens (tertiary/aromatic N) is 1. The first kappa shape index (κ1) is 12.1. The lowest BCUT2D eigenvalue weighted by Crippen LogP contribution is -2.41. The molecule has 92 valence electrons. The summed E-state index contributed by atoms with van der Waals surface area (Å²) in [6.45, 7) is 12.2. The molecule has 0 aromatic heterocycles. The van der Waals surface area contributed by atoms with E-state index in [1.165, 1.54) is 0 Å². The van der Waals surface area contributed by atoms with E-state index in [1.54, 1.807) is 6.92 Å². The van der Waals surface area contributed by atoms with E-state index < -0.39 is 0 Å². The van der Waals surface area contributed by atoms with Gasteiger partial charge in [0.1, 0.15) is 5.78 Å². The van der Waals surface area contributed by atoms with Crippen LogP contribution in [0.3, 0.4) is 0 Å². The molecular weight excluding hydrogens is 198 g/mol. The number of likely N-dealkylation sites (tertiary alicyclic amines) is 1. The standard InChI is InChI=1S/C14H25NO/c1-8(2)14(9(3)4)11-7-15(6)13(10(5)16)12(11)14/h8-9,11-13H,7H2,1-6H3/t11-,12-,13+/m0/s1. The molecular formula is C14H25NO. The summed E-state index contributed by atoms with van der Waals surface area (Å²) >= 11 is 0. The molecule has 1 aliphatic carbocycles. The number of ketones is 1. The second-order valence-corrected chi connectivity index (χ2v) is 6.44. The molecule has 0 N–H and O–H groups in total. The highest BCUT2D eigenvalue weighted by Gasteiger charge is 2.73. The highest BCUT2D eigenvalue weighted by atomic mass is 16.1. The summed E-state index contributed by atoms with van der Waals surface area (Å²) < 4.78 is 0. The van der Waals surface area contributed by atoms with Gasteiger partial charge in [0.2, 0.25) is 0 Å². The predicted molar refractivity (Wildman–Crippen MR) is 66.2 cm³/mol. The van der Waals surface area contributed by atoms with Gasteiger partial charge >= 0.3 is 0 Å². The number of hydrogen-bond acceptors (Lipinski definition) is 2. The molecule has 1 saturated carbocycles. The van der Waals surface area contributed by atoms with Gasteiger partial charge in [0.15, 0.2) is 0 Å². The molecule has 0 amide bonds. The molecule has 0 aromatic carbocycles.